The Morgan fingerprint density at radius 1 is 1.30 bits per heavy atom. The molecule has 1 fully saturated rings. The summed E-state index contributed by atoms with van der Waals surface area (Å²) in [5, 5.41) is 9.59. The average molecular weight is 265 g/mol. The number of aliphatic imine (C=N–C) groups is 1. The molecule has 0 unspecified atom stereocenters. The van der Waals surface area contributed by atoms with Crippen LogP contribution in [0.4, 0.5) is 5.69 Å². The van der Waals surface area contributed by atoms with Crippen molar-refractivity contribution in [3.05, 3.63) is 35.4 Å². The third-order valence-corrected chi connectivity index (χ3v) is 4.04. The number of hydrogen-bond acceptors (Lipinski definition) is 3. The molecular weight excluding hydrogens is 246 g/mol. The van der Waals surface area contributed by atoms with Crippen molar-refractivity contribution in [2.24, 2.45) is 4.99 Å². The summed E-state index contributed by atoms with van der Waals surface area (Å²) in [6.45, 7) is 2.17. The second kappa shape index (κ2) is 5.50. The van der Waals surface area contributed by atoms with E-state index >= 15 is 0 Å². The molecule has 0 spiro atoms. The summed E-state index contributed by atoms with van der Waals surface area (Å²) in [7, 11) is 0. The molecule has 102 valence electrons. The molecule has 3 rings (SSSR count). The lowest BCUT2D eigenvalue weighted by Gasteiger charge is -2.32. The monoisotopic (exact) mass is 265 g/mol. The number of hydrogen-bond donors (Lipinski definition) is 0. The van der Waals surface area contributed by atoms with Crippen LogP contribution >= 0.6 is 0 Å². The van der Waals surface area contributed by atoms with Gasteiger partial charge in [-0.05, 0) is 37.3 Å². The van der Waals surface area contributed by atoms with Crippen molar-refractivity contribution < 1.29 is 0 Å². The number of rotatable bonds is 3. The van der Waals surface area contributed by atoms with E-state index in [4.69, 9.17) is 4.99 Å². The number of allylic oxidation sites excluding steroid dienone is 1. The summed E-state index contributed by atoms with van der Waals surface area (Å²) in [4.78, 5) is 6.48. The number of para-hydroxylation sites is 1. The van der Waals surface area contributed by atoms with E-state index in [-0.39, 0.29) is 0 Å². The number of fused-ring (bicyclic) bond motifs is 1. The molecule has 20 heavy (non-hydrogen) atoms. The molecule has 0 N–H and O–H groups in total. The van der Waals surface area contributed by atoms with Gasteiger partial charge >= 0.3 is 0 Å². The van der Waals surface area contributed by atoms with E-state index in [0.29, 0.717) is 0 Å². The highest BCUT2D eigenvalue weighted by atomic mass is 15.2. The molecule has 1 aliphatic carbocycles. The Kier molecular flexibility index (Phi) is 3.56. The van der Waals surface area contributed by atoms with Gasteiger partial charge in [-0.3, -0.25) is 0 Å². The van der Waals surface area contributed by atoms with Crippen molar-refractivity contribution in [2.45, 2.75) is 45.4 Å². The first-order valence-corrected chi connectivity index (χ1v) is 7.44. The largest absolute Gasteiger partial charge is 0.234 e. The first-order valence-electron chi connectivity index (χ1n) is 7.44. The molecule has 3 heteroatoms. The molecule has 0 saturated heterocycles. The van der Waals surface area contributed by atoms with E-state index in [0.717, 1.165) is 54.9 Å². The molecule has 0 aromatic heterocycles. The molecule has 2 aliphatic rings. The molecule has 3 nitrogen and oxygen atoms in total. The predicted molar refractivity (Wildman–Crippen MR) is 81.3 cm³/mol. The third kappa shape index (κ3) is 2.12. The summed E-state index contributed by atoms with van der Waals surface area (Å²) in [5.41, 5.74) is 4.64. The van der Waals surface area contributed by atoms with Gasteiger partial charge in [0.25, 0.3) is 0 Å². The quantitative estimate of drug-likeness (QED) is 0.749. The third-order valence-electron chi connectivity index (χ3n) is 4.04. The van der Waals surface area contributed by atoms with Gasteiger partial charge < -0.3 is 0 Å². The van der Waals surface area contributed by atoms with Gasteiger partial charge in [-0.1, -0.05) is 31.5 Å². The maximum absolute atomic E-state index is 9.59. The Hall–Kier alpha value is -2.08. The topological polar surface area (TPSA) is 39.4 Å². The van der Waals surface area contributed by atoms with Gasteiger partial charge in [-0.15, -0.1) is 0 Å². The number of benzene rings is 1. The van der Waals surface area contributed by atoms with Crippen LogP contribution in [-0.4, -0.2) is 10.7 Å². The minimum Gasteiger partial charge on any atom is -0.234 e. The van der Waals surface area contributed by atoms with Crippen LogP contribution in [0, 0.1) is 11.5 Å². The number of nitrogens with zero attached hydrogens (tertiary/aromatic N) is 3. The molecule has 1 aromatic carbocycles. The SMILES string of the molecule is CCCCC1=Nc2ccccc2C(=C2CCC2)N1C#N. The fraction of sp³-hybridized carbons (Fsp3) is 0.412. The predicted octanol–water partition coefficient (Wildman–Crippen LogP) is 4.60. The van der Waals surface area contributed by atoms with Crippen LogP contribution in [0.15, 0.2) is 34.8 Å². The number of amidine groups is 1. The number of nitriles is 1. The molecule has 1 aliphatic heterocycles. The van der Waals surface area contributed by atoms with Crippen molar-refractivity contribution in [1.82, 2.24) is 4.90 Å². The minimum atomic E-state index is 0.870. The van der Waals surface area contributed by atoms with Crippen LogP contribution in [-0.2, 0) is 0 Å². The van der Waals surface area contributed by atoms with Gasteiger partial charge in [0.1, 0.15) is 5.84 Å². The van der Waals surface area contributed by atoms with E-state index in [1.165, 1.54) is 12.0 Å². The Morgan fingerprint density at radius 3 is 2.75 bits per heavy atom. The average Bonchev–Trinajstić information content (AvgIpc) is 2.43. The maximum atomic E-state index is 9.59. The summed E-state index contributed by atoms with van der Waals surface area (Å²) >= 11 is 0. The van der Waals surface area contributed by atoms with Gasteiger partial charge in [0.05, 0.1) is 11.4 Å². The molecule has 1 heterocycles. The summed E-state index contributed by atoms with van der Waals surface area (Å²) in [5.74, 6) is 0.905. The Bertz CT molecular complexity index is 613. The van der Waals surface area contributed by atoms with Gasteiger partial charge in [0, 0.05) is 12.0 Å². The van der Waals surface area contributed by atoms with Crippen molar-refractivity contribution >= 4 is 17.2 Å². The van der Waals surface area contributed by atoms with Crippen LogP contribution in [0.5, 0.6) is 0 Å². The lowest BCUT2D eigenvalue weighted by atomic mass is 9.87. The first kappa shape index (κ1) is 12.9. The van der Waals surface area contributed by atoms with E-state index < -0.39 is 0 Å². The zero-order valence-corrected chi connectivity index (χ0v) is 11.9. The van der Waals surface area contributed by atoms with Crippen molar-refractivity contribution in [1.29, 1.82) is 5.26 Å². The summed E-state index contributed by atoms with van der Waals surface area (Å²) < 4.78 is 0. The zero-order valence-electron chi connectivity index (χ0n) is 11.9. The van der Waals surface area contributed by atoms with Gasteiger partial charge in [0.15, 0.2) is 6.19 Å². The molecule has 1 saturated carbocycles. The molecule has 0 bridgehead atoms. The molecule has 0 radical (unpaired) electrons. The van der Waals surface area contributed by atoms with Crippen LogP contribution in [0.25, 0.3) is 5.70 Å². The second-order valence-corrected chi connectivity index (χ2v) is 5.39. The lowest BCUT2D eigenvalue weighted by Crippen LogP contribution is -2.29. The van der Waals surface area contributed by atoms with E-state index in [2.05, 4.69) is 25.2 Å². The zero-order chi connectivity index (χ0) is 13.9. The van der Waals surface area contributed by atoms with Crippen LogP contribution < -0.4 is 0 Å². The van der Waals surface area contributed by atoms with Crippen molar-refractivity contribution in [2.75, 3.05) is 0 Å². The molecule has 0 atom stereocenters. The van der Waals surface area contributed by atoms with Crippen molar-refractivity contribution in [3.63, 3.8) is 0 Å². The standard InChI is InChI=1S/C17H19N3/c1-2-3-11-16-19-15-10-5-4-9-14(15)17(20(16)12-18)13-7-6-8-13/h4-5,9-10H,2-3,6-8,11H2,1H3. The van der Waals surface area contributed by atoms with Crippen LogP contribution in [0.1, 0.15) is 51.0 Å². The molecule has 1 aromatic rings. The highest BCUT2D eigenvalue weighted by Crippen LogP contribution is 2.41. The van der Waals surface area contributed by atoms with Gasteiger partial charge in [-0.2, -0.15) is 5.26 Å². The highest BCUT2D eigenvalue weighted by Gasteiger charge is 2.29. The van der Waals surface area contributed by atoms with E-state index in [1.54, 1.807) is 4.90 Å². The molecular formula is C17H19N3. The van der Waals surface area contributed by atoms with Gasteiger partial charge in [0.2, 0.25) is 0 Å². The fourth-order valence-electron chi connectivity index (χ4n) is 2.76. The second-order valence-electron chi connectivity index (χ2n) is 5.39. The van der Waals surface area contributed by atoms with Crippen LogP contribution in [0.2, 0.25) is 0 Å². The van der Waals surface area contributed by atoms with E-state index in [1.807, 2.05) is 12.1 Å². The smallest absolute Gasteiger partial charge is 0.190 e. The van der Waals surface area contributed by atoms with Crippen LogP contribution in [0.3, 0.4) is 0 Å². The van der Waals surface area contributed by atoms with Gasteiger partial charge in [-0.25, -0.2) is 9.89 Å². The Morgan fingerprint density at radius 2 is 2.10 bits per heavy atom. The Balaban J connectivity index is 2.10. The first-order chi connectivity index (χ1) is 9.85. The summed E-state index contributed by atoms with van der Waals surface area (Å²) in [6.07, 6.45) is 8.87. The number of unbranched alkanes of at least 4 members (excludes halogenated alkanes) is 1. The fourth-order valence-corrected chi connectivity index (χ4v) is 2.76. The maximum Gasteiger partial charge on any atom is 0.190 e. The molecule has 0 amide bonds. The lowest BCUT2D eigenvalue weighted by molar-refractivity contribution is 0.634. The minimum absolute atomic E-state index is 0.870. The Labute approximate surface area is 120 Å². The normalized spacial score (nSPS) is 17.2. The summed E-state index contributed by atoms with van der Waals surface area (Å²) in [6, 6.07) is 8.18. The van der Waals surface area contributed by atoms with E-state index in [9.17, 15) is 5.26 Å². The van der Waals surface area contributed by atoms with Crippen molar-refractivity contribution in [3.8, 4) is 6.19 Å². The highest BCUT2D eigenvalue weighted by molar-refractivity contribution is 6.00.